The maximum Gasteiger partial charge on any atom is 0.0897 e. The Kier molecular flexibility index (Phi) is 7.04. The number of ether oxygens (including phenoxy) is 2. The first-order valence-corrected chi connectivity index (χ1v) is 6.62. The van der Waals surface area contributed by atoms with Gasteiger partial charge in [-0.2, -0.15) is 0 Å². The lowest BCUT2D eigenvalue weighted by Crippen LogP contribution is -2.36. The fourth-order valence-electron chi connectivity index (χ4n) is 2.37. The first kappa shape index (κ1) is 14.9. The van der Waals surface area contributed by atoms with Crippen LogP contribution in [0.25, 0.3) is 0 Å². The van der Waals surface area contributed by atoms with E-state index < -0.39 is 6.10 Å². The van der Waals surface area contributed by atoms with Crippen LogP contribution in [-0.4, -0.2) is 51.2 Å². The van der Waals surface area contributed by atoms with E-state index in [1.165, 1.54) is 25.7 Å². The molecule has 4 heteroatoms. The predicted molar refractivity (Wildman–Crippen MR) is 68.1 cm³/mol. The standard InChI is InChI=1S/C13H27NO3/c1-13(5-3-4-6-13)11-14-9-12(15)10-17-8-7-16-2/h12,14-15H,3-11H2,1-2H3. The average Bonchev–Trinajstić information content (AvgIpc) is 2.72. The molecule has 1 aliphatic carbocycles. The number of rotatable bonds is 9. The number of hydrogen-bond acceptors (Lipinski definition) is 4. The van der Waals surface area contributed by atoms with Crippen LogP contribution < -0.4 is 5.32 Å². The molecule has 1 aliphatic rings. The van der Waals surface area contributed by atoms with Gasteiger partial charge in [0.15, 0.2) is 0 Å². The molecule has 0 aliphatic heterocycles. The lowest BCUT2D eigenvalue weighted by molar-refractivity contribution is 0.0130. The van der Waals surface area contributed by atoms with Crippen LogP contribution in [0.2, 0.25) is 0 Å². The zero-order valence-electron chi connectivity index (χ0n) is 11.2. The Hall–Kier alpha value is -0.160. The summed E-state index contributed by atoms with van der Waals surface area (Å²) in [5, 5.41) is 13.0. The van der Waals surface area contributed by atoms with Gasteiger partial charge in [-0.1, -0.05) is 19.8 Å². The van der Waals surface area contributed by atoms with E-state index in [-0.39, 0.29) is 0 Å². The molecule has 1 rings (SSSR count). The number of aliphatic hydroxyl groups is 1. The second-order valence-electron chi connectivity index (χ2n) is 5.37. The van der Waals surface area contributed by atoms with E-state index in [1.807, 2.05) is 0 Å². The van der Waals surface area contributed by atoms with Crippen molar-refractivity contribution in [3.63, 3.8) is 0 Å². The lowest BCUT2D eigenvalue weighted by atomic mass is 9.89. The molecule has 0 saturated heterocycles. The zero-order valence-corrected chi connectivity index (χ0v) is 11.2. The molecule has 0 spiro atoms. The van der Waals surface area contributed by atoms with Crippen LogP contribution in [0.3, 0.4) is 0 Å². The summed E-state index contributed by atoms with van der Waals surface area (Å²) in [6.07, 6.45) is 4.89. The number of aliphatic hydroxyl groups excluding tert-OH is 1. The minimum absolute atomic E-state index is 0.382. The Balaban J connectivity index is 1.97. The molecule has 1 unspecified atom stereocenters. The second kappa shape index (κ2) is 8.03. The fraction of sp³-hybridized carbons (Fsp3) is 1.00. The van der Waals surface area contributed by atoms with Crippen molar-refractivity contribution >= 4 is 0 Å². The molecule has 0 aromatic carbocycles. The number of nitrogens with one attached hydrogen (secondary N) is 1. The maximum absolute atomic E-state index is 9.68. The van der Waals surface area contributed by atoms with Gasteiger partial charge in [-0.25, -0.2) is 0 Å². The molecule has 0 bridgehead atoms. The fourth-order valence-corrected chi connectivity index (χ4v) is 2.37. The van der Waals surface area contributed by atoms with E-state index in [0.717, 1.165) is 6.54 Å². The summed E-state index contributed by atoms with van der Waals surface area (Å²) < 4.78 is 10.1. The molecular weight excluding hydrogens is 218 g/mol. The van der Waals surface area contributed by atoms with Gasteiger partial charge in [0.1, 0.15) is 0 Å². The summed E-state index contributed by atoms with van der Waals surface area (Å²) in [7, 11) is 1.64. The minimum Gasteiger partial charge on any atom is -0.389 e. The first-order chi connectivity index (χ1) is 8.16. The number of methoxy groups -OCH3 is 1. The average molecular weight is 245 g/mol. The van der Waals surface area contributed by atoms with Crippen LogP contribution in [0.4, 0.5) is 0 Å². The summed E-state index contributed by atoms with van der Waals surface area (Å²) in [5.41, 5.74) is 0.441. The highest BCUT2D eigenvalue weighted by atomic mass is 16.5. The number of hydrogen-bond donors (Lipinski definition) is 2. The van der Waals surface area contributed by atoms with Gasteiger partial charge in [-0.15, -0.1) is 0 Å². The highest BCUT2D eigenvalue weighted by molar-refractivity contribution is 4.82. The van der Waals surface area contributed by atoms with Crippen LogP contribution >= 0.6 is 0 Å². The van der Waals surface area contributed by atoms with Crippen LogP contribution in [0, 0.1) is 5.41 Å². The van der Waals surface area contributed by atoms with Crippen LogP contribution in [-0.2, 0) is 9.47 Å². The first-order valence-electron chi connectivity index (χ1n) is 6.62. The van der Waals surface area contributed by atoms with Crippen molar-refractivity contribution in [1.29, 1.82) is 0 Å². The Labute approximate surface area is 105 Å². The molecule has 0 aromatic rings. The topological polar surface area (TPSA) is 50.7 Å². The molecule has 0 radical (unpaired) electrons. The normalized spacial score (nSPS) is 20.6. The van der Waals surface area contributed by atoms with E-state index in [2.05, 4.69) is 12.2 Å². The smallest absolute Gasteiger partial charge is 0.0897 e. The van der Waals surface area contributed by atoms with Gasteiger partial charge in [0.25, 0.3) is 0 Å². The Morgan fingerprint density at radius 1 is 1.29 bits per heavy atom. The van der Waals surface area contributed by atoms with Gasteiger partial charge >= 0.3 is 0 Å². The van der Waals surface area contributed by atoms with Crippen LogP contribution in [0.5, 0.6) is 0 Å². The van der Waals surface area contributed by atoms with Crippen molar-refractivity contribution in [2.75, 3.05) is 40.0 Å². The predicted octanol–water partition coefficient (Wildman–Crippen LogP) is 1.18. The van der Waals surface area contributed by atoms with Gasteiger partial charge in [-0.05, 0) is 18.3 Å². The van der Waals surface area contributed by atoms with Gasteiger partial charge in [0.05, 0.1) is 25.9 Å². The van der Waals surface area contributed by atoms with E-state index in [0.29, 0.717) is 31.8 Å². The van der Waals surface area contributed by atoms with Crippen molar-refractivity contribution in [2.45, 2.75) is 38.7 Å². The maximum atomic E-state index is 9.68. The molecule has 1 fully saturated rings. The molecule has 1 saturated carbocycles. The van der Waals surface area contributed by atoms with Crippen molar-refractivity contribution in [2.24, 2.45) is 5.41 Å². The van der Waals surface area contributed by atoms with Crippen molar-refractivity contribution in [3.8, 4) is 0 Å². The van der Waals surface area contributed by atoms with Crippen molar-refractivity contribution in [1.82, 2.24) is 5.32 Å². The van der Waals surface area contributed by atoms with E-state index in [1.54, 1.807) is 7.11 Å². The zero-order chi connectivity index (χ0) is 12.6. The van der Waals surface area contributed by atoms with Gasteiger partial charge in [-0.3, -0.25) is 0 Å². The monoisotopic (exact) mass is 245 g/mol. The SMILES string of the molecule is COCCOCC(O)CNCC1(C)CCCC1. The minimum atomic E-state index is -0.420. The second-order valence-corrected chi connectivity index (χ2v) is 5.37. The van der Waals surface area contributed by atoms with Gasteiger partial charge < -0.3 is 19.9 Å². The lowest BCUT2D eigenvalue weighted by Gasteiger charge is -2.24. The summed E-state index contributed by atoms with van der Waals surface area (Å²) >= 11 is 0. The Bertz CT molecular complexity index is 193. The highest BCUT2D eigenvalue weighted by Crippen LogP contribution is 2.36. The van der Waals surface area contributed by atoms with E-state index in [4.69, 9.17) is 9.47 Å². The van der Waals surface area contributed by atoms with Crippen molar-refractivity contribution in [3.05, 3.63) is 0 Å². The molecular formula is C13H27NO3. The van der Waals surface area contributed by atoms with Crippen LogP contribution in [0.1, 0.15) is 32.6 Å². The highest BCUT2D eigenvalue weighted by Gasteiger charge is 2.27. The molecule has 1 atom stereocenters. The Morgan fingerprint density at radius 3 is 2.65 bits per heavy atom. The summed E-state index contributed by atoms with van der Waals surface area (Å²) in [6, 6.07) is 0. The summed E-state index contributed by atoms with van der Waals surface area (Å²) in [4.78, 5) is 0. The van der Waals surface area contributed by atoms with E-state index >= 15 is 0 Å². The third-order valence-electron chi connectivity index (χ3n) is 3.48. The summed E-state index contributed by atoms with van der Waals surface area (Å²) in [6.45, 7) is 5.45. The van der Waals surface area contributed by atoms with Gasteiger partial charge in [0, 0.05) is 20.2 Å². The molecule has 2 N–H and O–H groups in total. The van der Waals surface area contributed by atoms with E-state index in [9.17, 15) is 5.11 Å². The molecule has 17 heavy (non-hydrogen) atoms. The molecule has 0 heterocycles. The quantitative estimate of drug-likeness (QED) is 0.599. The van der Waals surface area contributed by atoms with Crippen LogP contribution in [0.15, 0.2) is 0 Å². The molecule has 102 valence electrons. The third-order valence-corrected chi connectivity index (χ3v) is 3.48. The van der Waals surface area contributed by atoms with Crippen molar-refractivity contribution < 1.29 is 14.6 Å². The summed E-state index contributed by atoms with van der Waals surface area (Å²) in [5.74, 6) is 0. The van der Waals surface area contributed by atoms with Gasteiger partial charge in [0.2, 0.25) is 0 Å². The molecule has 0 amide bonds. The molecule has 4 nitrogen and oxygen atoms in total. The third kappa shape index (κ3) is 6.36. The Morgan fingerprint density at radius 2 is 2.00 bits per heavy atom. The molecule has 0 aromatic heterocycles. The largest absolute Gasteiger partial charge is 0.389 e.